The molecule has 5 heteroatoms. The average molecular weight is 316 g/mol. The van der Waals surface area contributed by atoms with Gasteiger partial charge >= 0.3 is 0 Å². The SMILES string of the molecule is C=C(N=C(N)N=C(C)[C@@H](C)F)N[C@@H]1CCc2cc(C)c(C)cc21. The molecule has 0 radical (unpaired) electrons. The molecule has 1 aliphatic carbocycles. The van der Waals surface area contributed by atoms with Gasteiger partial charge in [0.1, 0.15) is 12.0 Å². The Kier molecular flexibility index (Phi) is 5.19. The zero-order valence-electron chi connectivity index (χ0n) is 14.3. The van der Waals surface area contributed by atoms with Crippen molar-refractivity contribution in [2.75, 3.05) is 0 Å². The molecule has 0 saturated heterocycles. The van der Waals surface area contributed by atoms with Crippen molar-refractivity contribution in [1.82, 2.24) is 5.32 Å². The second-order valence-corrected chi connectivity index (χ2v) is 6.16. The second-order valence-electron chi connectivity index (χ2n) is 6.16. The van der Waals surface area contributed by atoms with E-state index in [9.17, 15) is 4.39 Å². The summed E-state index contributed by atoms with van der Waals surface area (Å²) in [6.07, 6.45) is 0.895. The number of guanidine groups is 1. The van der Waals surface area contributed by atoms with Crippen LogP contribution >= 0.6 is 0 Å². The largest absolute Gasteiger partial charge is 0.368 e. The quantitative estimate of drug-likeness (QED) is 0.660. The molecule has 3 N–H and O–H groups in total. The highest BCUT2D eigenvalue weighted by Gasteiger charge is 2.23. The molecule has 124 valence electrons. The number of nitrogens with two attached hydrogens (primary N) is 1. The third kappa shape index (κ3) is 4.18. The van der Waals surface area contributed by atoms with Gasteiger partial charge in [0, 0.05) is 0 Å². The van der Waals surface area contributed by atoms with Crippen LogP contribution in [-0.4, -0.2) is 17.8 Å². The molecule has 1 aliphatic rings. The summed E-state index contributed by atoms with van der Waals surface area (Å²) >= 11 is 0. The Morgan fingerprint density at radius 1 is 1.35 bits per heavy atom. The van der Waals surface area contributed by atoms with E-state index in [-0.39, 0.29) is 12.0 Å². The van der Waals surface area contributed by atoms with E-state index in [2.05, 4.69) is 47.9 Å². The number of fused-ring (bicyclic) bond motifs is 1. The van der Waals surface area contributed by atoms with Crippen molar-refractivity contribution in [2.24, 2.45) is 15.7 Å². The van der Waals surface area contributed by atoms with E-state index < -0.39 is 6.17 Å². The fraction of sp³-hybridized carbons (Fsp3) is 0.444. The number of nitrogens with zero attached hydrogens (tertiary/aromatic N) is 2. The lowest BCUT2D eigenvalue weighted by Gasteiger charge is -2.16. The first kappa shape index (κ1) is 17.2. The van der Waals surface area contributed by atoms with Crippen molar-refractivity contribution in [3.8, 4) is 0 Å². The minimum absolute atomic E-state index is 0.0165. The molecule has 0 fully saturated rings. The van der Waals surface area contributed by atoms with E-state index in [1.807, 2.05) is 0 Å². The molecule has 1 aromatic carbocycles. The zero-order valence-corrected chi connectivity index (χ0v) is 14.3. The molecule has 0 unspecified atom stereocenters. The zero-order chi connectivity index (χ0) is 17.1. The predicted molar refractivity (Wildman–Crippen MR) is 94.6 cm³/mol. The Morgan fingerprint density at radius 3 is 2.65 bits per heavy atom. The summed E-state index contributed by atoms with van der Waals surface area (Å²) in [6.45, 7) is 11.1. The molecule has 0 saturated carbocycles. The number of alkyl halides is 1. The van der Waals surface area contributed by atoms with Crippen LogP contribution in [0.4, 0.5) is 4.39 Å². The van der Waals surface area contributed by atoms with Crippen molar-refractivity contribution >= 4 is 11.7 Å². The summed E-state index contributed by atoms with van der Waals surface area (Å²) in [5.74, 6) is 0.462. The minimum Gasteiger partial charge on any atom is -0.368 e. The van der Waals surface area contributed by atoms with Gasteiger partial charge in [-0.05, 0) is 62.8 Å². The van der Waals surface area contributed by atoms with E-state index in [1.165, 1.54) is 29.2 Å². The Hall–Kier alpha value is -2.17. The summed E-state index contributed by atoms with van der Waals surface area (Å²) in [7, 11) is 0. The Balaban J connectivity index is 2.09. The predicted octanol–water partition coefficient (Wildman–Crippen LogP) is 3.49. The van der Waals surface area contributed by atoms with Gasteiger partial charge < -0.3 is 11.1 Å². The fourth-order valence-corrected chi connectivity index (χ4v) is 2.71. The van der Waals surface area contributed by atoms with Crippen molar-refractivity contribution in [2.45, 2.75) is 52.8 Å². The first-order valence-corrected chi connectivity index (χ1v) is 7.86. The van der Waals surface area contributed by atoms with Gasteiger partial charge in [-0.15, -0.1) is 0 Å². The second kappa shape index (κ2) is 6.94. The molecule has 1 aromatic rings. The van der Waals surface area contributed by atoms with Crippen LogP contribution in [0.2, 0.25) is 0 Å². The maximum atomic E-state index is 13.1. The normalized spacial score (nSPS) is 19.4. The first-order chi connectivity index (χ1) is 10.8. The number of aliphatic imine (C=N–C) groups is 2. The highest BCUT2D eigenvalue weighted by Crippen LogP contribution is 2.33. The van der Waals surface area contributed by atoms with Crippen molar-refractivity contribution in [3.63, 3.8) is 0 Å². The van der Waals surface area contributed by atoms with Gasteiger partial charge in [-0.1, -0.05) is 18.7 Å². The number of aryl methyl sites for hydroxylation is 3. The van der Waals surface area contributed by atoms with Crippen molar-refractivity contribution in [1.29, 1.82) is 0 Å². The molecule has 0 bridgehead atoms. The van der Waals surface area contributed by atoms with Crippen LogP contribution in [0.3, 0.4) is 0 Å². The summed E-state index contributed by atoms with van der Waals surface area (Å²) in [5, 5.41) is 3.29. The molecule has 0 spiro atoms. The topological polar surface area (TPSA) is 62.8 Å². The third-order valence-corrected chi connectivity index (χ3v) is 4.29. The van der Waals surface area contributed by atoms with Gasteiger partial charge in [-0.3, -0.25) is 0 Å². The molecular weight excluding hydrogens is 291 g/mol. The molecule has 23 heavy (non-hydrogen) atoms. The number of hydrogen-bond donors (Lipinski definition) is 2. The van der Waals surface area contributed by atoms with Crippen LogP contribution in [-0.2, 0) is 6.42 Å². The van der Waals surface area contributed by atoms with E-state index in [4.69, 9.17) is 5.73 Å². The molecular formula is C18H25FN4. The molecule has 2 atom stereocenters. The van der Waals surface area contributed by atoms with Crippen LogP contribution in [0.25, 0.3) is 0 Å². The molecule has 0 amide bonds. The smallest absolute Gasteiger partial charge is 0.221 e. The number of halogens is 1. The molecule has 4 nitrogen and oxygen atoms in total. The van der Waals surface area contributed by atoms with E-state index in [1.54, 1.807) is 6.92 Å². The summed E-state index contributed by atoms with van der Waals surface area (Å²) in [6, 6.07) is 4.66. The fourth-order valence-electron chi connectivity index (χ4n) is 2.71. The van der Waals surface area contributed by atoms with Crippen molar-refractivity contribution in [3.05, 3.63) is 46.8 Å². The van der Waals surface area contributed by atoms with Gasteiger partial charge in [-0.2, -0.15) is 4.99 Å². The van der Waals surface area contributed by atoms with Crippen LogP contribution in [0, 0.1) is 13.8 Å². The highest BCUT2D eigenvalue weighted by molar-refractivity contribution is 5.97. The lowest BCUT2D eigenvalue weighted by atomic mass is 10.0. The first-order valence-electron chi connectivity index (χ1n) is 7.86. The van der Waals surface area contributed by atoms with Crippen molar-refractivity contribution < 1.29 is 4.39 Å². The highest BCUT2D eigenvalue weighted by atomic mass is 19.1. The molecule has 2 rings (SSSR count). The van der Waals surface area contributed by atoms with Gasteiger partial charge in [0.05, 0.1) is 11.8 Å². The maximum absolute atomic E-state index is 13.1. The van der Waals surface area contributed by atoms with Crippen LogP contribution in [0.5, 0.6) is 0 Å². The van der Waals surface area contributed by atoms with Crippen LogP contribution in [0.15, 0.2) is 34.5 Å². The lowest BCUT2D eigenvalue weighted by Crippen LogP contribution is -2.21. The minimum atomic E-state index is -1.14. The van der Waals surface area contributed by atoms with E-state index in [0.29, 0.717) is 11.5 Å². The number of benzene rings is 1. The molecule has 0 heterocycles. The average Bonchev–Trinajstić information content (AvgIpc) is 2.81. The van der Waals surface area contributed by atoms with Crippen LogP contribution < -0.4 is 11.1 Å². The number of rotatable bonds is 4. The number of nitrogens with one attached hydrogen (secondary N) is 1. The van der Waals surface area contributed by atoms with E-state index >= 15 is 0 Å². The van der Waals surface area contributed by atoms with Gasteiger partial charge in [-0.25, -0.2) is 9.38 Å². The lowest BCUT2D eigenvalue weighted by molar-refractivity contribution is 0.453. The van der Waals surface area contributed by atoms with Crippen LogP contribution in [0.1, 0.15) is 48.6 Å². The Morgan fingerprint density at radius 2 is 2.00 bits per heavy atom. The van der Waals surface area contributed by atoms with E-state index in [0.717, 1.165) is 12.8 Å². The summed E-state index contributed by atoms with van der Waals surface area (Å²) in [4.78, 5) is 8.04. The Labute approximate surface area is 137 Å². The van der Waals surface area contributed by atoms with Gasteiger partial charge in [0.2, 0.25) is 5.96 Å². The van der Waals surface area contributed by atoms with Gasteiger partial charge in [0.25, 0.3) is 0 Å². The monoisotopic (exact) mass is 316 g/mol. The van der Waals surface area contributed by atoms with Gasteiger partial charge in [0.15, 0.2) is 0 Å². The standard InChI is InChI=1S/C18H25FN4/c1-10-8-15-6-7-17(16(15)9-11(10)2)22-14(5)23-18(20)21-13(4)12(3)19/h8-9,12,17,22H,5-7H2,1-4H3,(H2,20,23)/t12-,17-/m1/s1. The number of hydrogen-bond acceptors (Lipinski definition) is 2. The maximum Gasteiger partial charge on any atom is 0.221 e. The summed E-state index contributed by atoms with van der Waals surface area (Å²) < 4.78 is 13.1. The molecule has 0 aromatic heterocycles. The summed E-state index contributed by atoms with van der Waals surface area (Å²) in [5.41, 5.74) is 11.3. The molecule has 0 aliphatic heterocycles. The Bertz CT molecular complexity index is 674. The third-order valence-electron chi connectivity index (χ3n) is 4.29.